The van der Waals surface area contributed by atoms with Crippen molar-refractivity contribution in [3.05, 3.63) is 28.8 Å². The minimum Gasteiger partial charge on any atom is -0.496 e. The Morgan fingerprint density at radius 2 is 1.95 bits per heavy atom. The number of hydrogen-bond donors (Lipinski definition) is 1. The van der Waals surface area contributed by atoms with Gasteiger partial charge in [-0.25, -0.2) is 0 Å². The molecule has 110 valence electrons. The Kier molecular flexibility index (Phi) is 4.81. The molecule has 0 heterocycles. The predicted molar refractivity (Wildman–Crippen MR) is 81.3 cm³/mol. The lowest BCUT2D eigenvalue weighted by Crippen LogP contribution is -2.32. The summed E-state index contributed by atoms with van der Waals surface area (Å²) in [6, 6.07) is 3.93. The fourth-order valence-corrected chi connectivity index (χ4v) is 3.31. The smallest absolute Gasteiger partial charge is 0.166 e. The van der Waals surface area contributed by atoms with Crippen LogP contribution in [0.3, 0.4) is 0 Å². The van der Waals surface area contributed by atoms with Crippen molar-refractivity contribution < 1.29 is 9.53 Å². The van der Waals surface area contributed by atoms with Gasteiger partial charge in [-0.15, -0.1) is 0 Å². The van der Waals surface area contributed by atoms with E-state index in [4.69, 9.17) is 10.5 Å². The van der Waals surface area contributed by atoms with Crippen molar-refractivity contribution >= 4 is 5.78 Å². The lowest BCUT2D eigenvalue weighted by Gasteiger charge is -2.30. The average Bonchev–Trinajstić information content (AvgIpc) is 2.48. The number of Topliss-reactive ketones (excluding diaryl/α,β-unsaturated/α-hetero) is 1. The molecule has 1 saturated carbocycles. The second kappa shape index (κ2) is 6.40. The maximum Gasteiger partial charge on any atom is 0.166 e. The largest absolute Gasteiger partial charge is 0.496 e. The van der Waals surface area contributed by atoms with E-state index in [0.717, 1.165) is 41.7 Å². The van der Waals surface area contributed by atoms with Crippen LogP contribution in [0, 0.1) is 25.7 Å². The fourth-order valence-electron chi connectivity index (χ4n) is 3.31. The quantitative estimate of drug-likeness (QED) is 0.858. The molecule has 1 fully saturated rings. The van der Waals surface area contributed by atoms with Gasteiger partial charge in [0.2, 0.25) is 0 Å². The molecule has 0 bridgehead atoms. The van der Waals surface area contributed by atoms with Gasteiger partial charge < -0.3 is 10.5 Å². The van der Waals surface area contributed by atoms with Gasteiger partial charge in [-0.1, -0.05) is 12.8 Å². The number of hydrogen-bond acceptors (Lipinski definition) is 3. The van der Waals surface area contributed by atoms with E-state index in [9.17, 15) is 4.79 Å². The Hall–Kier alpha value is -1.35. The third-order valence-corrected chi connectivity index (χ3v) is 4.56. The molecule has 3 heteroatoms. The fraction of sp³-hybridized carbons (Fsp3) is 0.588. The van der Waals surface area contributed by atoms with Crippen molar-refractivity contribution in [3.8, 4) is 5.75 Å². The summed E-state index contributed by atoms with van der Waals surface area (Å²) in [6.45, 7) is 4.58. The number of aryl methyl sites for hydroxylation is 2. The summed E-state index contributed by atoms with van der Waals surface area (Å²) in [6.07, 6.45) is 4.40. The second-order valence-corrected chi connectivity index (χ2v) is 5.89. The van der Waals surface area contributed by atoms with Crippen molar-refractivity contribution in [2.75, 3.05) is 13.7 Å². The number of ketones is 1. The molecule has 2 atom stereocenters. The summed E-state index contributed by atoms with van der Waals surface area (Å²) in [7, 11) is 1.66. The van der Waals surface area contributed by atoms with E-state index in [1.807, 2.05) is 26.0 Å². The topological polar surface area (TPSA) is 52.3 Å². The van der Waals surface area contributed by atoms with Crippen LogP contribution in [0.5, 0.6) is 5.75 Å². The van der Waals surface area contributed by atoms with Gasteiger partial charge in [0.15, 0.2) is 5.78 Å². The lowest BCUT2D eigenvalue weighted by atomic mass is 9.75. The third-order valence-electron chi connectivity index (χ3n) is 4.56. The molecule has 0 spiro atoms. The molecule has 1 aliphatic rings. The van der Waals surface area contributed by atoms with Crippen LogP contribution in [0.25, 0.3) is 0 Å². The number of rotatable bonds is 4. The molecule has 2 rings (SSSR count). The highest BCUT2D eigenvalue weighted by molar-refractivity contribution is 5.99. The van der Waals surface area contributed by atoms with Gasteiger partial charge in [0.1, 0.15) is 5.75 Å². The van der Waals surface area contributed by atoms with Crippen LogP contribution in [0.2, 0.25) is 0 Å². The molecule has 0 aromatic heterocycles. The summed E-state index contributed by atoms with van der Waals surface area (Å²) in [5.74, 6) is 1.56. The van der Waals surface area contributed by atoms with Gasteiger partial charge in [0.05, 0.1) is 7.11 Å². The highest BCUT2D eigenvalue weighted by atomic mass is 16.5. The molecule has 2 unspecified atom stereocenters. The molecule has 0 saturated heterocycles. The van der Waals surface area contributed by atoms with Gasteiger partial charge in [0.25, 0.3) is 0 Å². The van der Waals surface area contributed by atoms with Crippen molar-refractivity contribution in [2.24, 2.45) is 17.6 Å². The van der Waals surface area contributed by atoms with Gasteiger partial charge in [-0.05, 0) is 62.4 Å². The molecular weight excluding hydrogens is 250 g/mol. The molecule has 2 N–H and O–H groups in total. The number of ether oxygens (including phenoxy) is 1. The van der Waals surface area contributed by atoms with Crippen molar-refractivity contribution in [3.63, 3.8) is 0 Å². The summed E-state index contributed by atoms with van der Waals surface area (Å²) in [4.78, 5) is 12.8. The number of methoxy groups -OCH3 is 1. The first-order chi connectivity index (χ1) is 9.58. The Morgan fingerprint density at radius 3 is 2.60 bits per heavy atom. The van der Waals surface area contributed by atoms with Gasteiger partial charge in [-0.2, -0.15) is 0 Å². The van der Waals surface area contributed by atoms with Crippen LogP contribution >= 0.6 is 0 Å². The zero-order chi connectivity index (χ0) is 14.7. The normalized spacial score (nSPS) is 22.6. The summed E-state index contributed by atoms with van der Waals surface area (Å²) in [5.41, 5.74) is 8.71. The Morgan fingerprint density at radius 1 is 1.25 bits per heavy atom. The van der Waals surface area contributed by atoms with E-state index >= 15 is 0 Å². The van der Waals surface area contributed by atoms with E-state index < -0.39 is 0 Å². The molecule has 1 aliphatic carbocycles. The maximum atomic E-state index is 12.8. The minimum absolute atomic E-state index is 0.0974. The summed E-state index contributed by atoms with van der Waals surface area (Å²) >= 11 is 0. The molecule has 0 amide bonds. The third kappa shape index (κ3) is 2.88. The average molecular weight is 275 g/mol. The predicted octanol–water partition coefficient (Wildman–Crippen LogP) is 3.26. The zero-order valence-electron chi connectivity index (χ0n) is 12.7. The Balaban J connectivity index is 2.30. The molecule has 1 aromatic rings. The van der Waals surface area contributed by atoms with Crippen LogP contribution < -0.4 is 10.5 Å². The van der Waals surface area contributed by atoms with Crippen molar-refractivity contribution in [2.45, 2.75) is 39.5 Å². The molecule has 1 aromatic carbocycles. The summed E-state index contributed by atoms with van der Waals surface area (Å²) < 4.78 is 5.32. The van der Waals surface area contributed by atoms with E-state index in [1.54, 1.807) is 7.11 Å². The van der Waals surface area contributed by atoms with Crippen LogP contribution in [0.1, 0.15) is 47.2 Å². The van der Waals surface area contributed by atoms with Crippen molar-refractivity contribution in [1.29, 1.82) is 0 Å². The first-order valence-corrected chi connectivity index (χ1v) is 7.48. The van der Waals surface area contributed by atoms with E-state index in [0.29, 0.717) is 12.5 Å². The molecule has 3 nitrogen and oxygen atoms in total. The van der Waals surface area contributed by atoms with Crippen LogP contribution in [-0.2, 0) is 0 Å². The Bertz CT molecular complexity index is 496. The number of carbonyl (C=O) groups is 1. The van der Waals surface area contributed by atoms with E-state index in [1.165, 1.54) is 6.42 Å². The number of carbonyl (C=O) groups excluding carboxylic acids is 1. The first kappa shape index (κ1) is 15.0. The lowest BCUT2D eigenvalue weighted by molar-refractivity contribution is 0.0829. The second-order valence-electron chi connectivity index (χ2n) is 5.89. The van der Waals surface area contributed by atoms with Gasteiger partial charge in [0, 0.05) is 11.5 Å². The minimum atomic E-state index is 0.0974. The van der Waals surface area contributed by atoms with E-state index in [-0.39, 0.29) is 11.7 Å². The van der Waals surface area contributed by atoms with E-state index in [2.05, 4.69) is 0 Å². The molecular formula is C17H25NO2. The molecule has 0 radical (unpaired) electrons. The SMILES string of the molecule is COc1cc(C)c(C(=O)C2CCCCC2CN)cc1C. The standard InChI is InChI=1S/C17H25NO2/c1-11-9-16(20-3)12(2)8-15(11)17(19)14-7-5-4-6-13(14)10-18/h8-9,13-14H,4-7,10,18H2,1-3H3. The van der Waals surface area contributed by atoms with Crippen molar-refractivity contribution in [1.82, 2.24) is 0 Å². The molecule has 0 aliphatic heterocycles. The maximum absolute atomic E-state index is 12.8. The van der Waals surface area contributed by atoms with Gasteiger partial charge in [-0.3, -0.25) is 4.79 Å². The summed E-state index contributed by atoms with van der Waals surface area (Å²) in [5, 5.41) is 0. The number of nitrogens with two attached hydrogens (primary N) is 1. The molecule has 20 heavy (non-hydrogen) atoms. The monoisotopic (exact) mass is 275 g/mol. The number of benzene rings is 1. The Labute approximate surface area is 121 Å². The van der Waals surface area contributed by atoms with Crippen LogP contribution in [-0.4, -0.2) is 19.4 Å². The zero-order valence-corrected chi connectivity index (χ0v) is 12.7. The first-order valence-electron chi connectivity index (χ1n) is 7.48. The van der Waals surface area contributed by atoms with Gasteiger partial charge >= 0.3 is 0 Å². The van der Waals surface area contributed by atoms with Crippen LogP contribution in [0.4, 0.5) is 0 Å². The highest BCUT2D eigenvalue weighted by Gasteiger charge is 2.31. The highest BCUT2D eigenvalue weighted by Crippen LogP contribution is 2.33. The van der Waals surface area contributed by atoms with Crippen LogP contribution in [0.15, 0.2) is 12.1 Å².